The number of amides is 2. The molecule has 0 aliphatic carbocycles. The highest BCUT2D eigenvalue weighted by molar-refractivity contribution is 5.94. The molecule has 132 valence electrons. The Labute approximate surface area is 147 Å². The van der Waals surface area contributed by atoms with Gasteiger partial charge in [-0.25, -0.2) is 0 Å². The fourth-order valence-corrected chi connectivity index (χ4v) is 3.14. The number of hydrogen-bond acceptors (Lipinski definition) is 4. The van der Waals surface area contributed by atoms with E-state index in [2.05, 4.69) is 15.2 Å². The van der Waals surface area contributed by atoms with E-state index in [-0.39, 0.29) is 11.8 Å². The zero-order chi connectivity index (χ0) is 17.8. The Morgan fingerprint density at radius 1 is 1.08 bits per heavy atom. The lowest BCUT2D eigenvalue weighted by molar-refractivity contribution is -0.130. The van der Waals surface area contributed by atoms with Crippen molar-refractivity contribution < 1.29 is 9.59 Å². The van der Waals surface area contributed by atoms with Gasteiger partial charge in [-0.2, -0.15) is 5.10 Å². The maximum Gasteiger partial charge on any atom is 0.254 e. The van der Waals surface area contributed by atoms with E-state index in [1.165, 1.54) is 0 Å². The van der Waals surface area contributed by atoms with E-state index in [0.29, 0.717) is 38.2 Å². The van der Waals surface area contributed by atoms with Crippen molar-refractivity contribution >= 4 is 11.8 Å². The fraction of sp³-hybridized carbons (Fsp3) is 0.444. The standard InChI is InChI=1S/C18H23N5O2/c1-13-16(14(2)21-20-13)12-17(24)22-8-3-9-23(11-10-22)18(25)15-4-6-19-7-5-15/h4-7H,3,8-12H2,1-2H3,(H,20,21). The minimum atomic E-state index is -0.00165. The van der Waals surface area contributed by atoms with Crippen molar-refractivity contribution in [2.45, 2.75) is 26.7 Å². The van der Waals surface area contributed by atoms with Crippen LogP contribution in [0, 0.1) is 13.8 Å². The highest BCUT2D eigenvalue weighted by Crippen LogP contribution is 2.14. The summed E-state index contributed by atoms with van der Waals surface area (Å²) in [6.07, 6.45) is 4.38. The second kappa shape index (κ2) is 7.46. The number of aromatic nitrogens is 3. The zero-order valence-electron chi connectivity index (χ0n) is 14.7. The van der Waals surface area contributed by atoms with Crippen LogP contribution in [-0.2, 0) is 11.2 Å². The summed E-state index contributed by atoms with van der Waals surface area (Å²) < 4.78 is 0. The van der Waals surface area contributed by atoms with Crippen LogP contribution < -0.4 is 0 Å². The summed E-state index contributed by atoms with van der Waals surface area (Å²) in [4.78, 5) is 32.8. The summed E-state index contributed by atoms with van der Waals surface area (Å²) >= 11 is 0. The molecule has 3 rings (SSSR count). The summed E-state index contributed by atoms with van der Waals surface area (Å²) in [5.74, 6) is 0.0871. The van der Waals surface area contributed by atoms with Gasteiger partial charge >= 0.3 is 0 Å². The molecule has 0 spiro atoms. The molecule has 0 unspecified atom stereocenters. The first-order valence-corrected chi connectivity index (χ1v) is 8.54. The van der Waals surface area contributed by atoms with Crippen LogP contribution in [-0.4, -0.2) is 63.0 Å². The summed E-state index contributed by atoms with van der Waals surface area (Å²) in [5, 5.41) is 7.07. The van der Waals surface area contributed by atoms with Crippen molar-refractivity contribution in [2.24, 2.45) is 0 Å². The third-order valence-electron chi connectivity index (χ3n) is 4.67. The van der Waals surface area contributed by atoms with Crippen LogP contribution in [0.5, 0.6) is 0 Å². The smallest absolute Gasteiger partial charge is 0.254 e. The molecule has 2 aromatic heterocycles. The minimum absolute atomic E-state index is 0.00165. The van der Waals surface area contributed by atoms with Gasteiger partial charge in [-0.05, 0) is 32.4 Å². The molecule has 7 heteroatoms. The molecule has 1 saturated heterocycles. The lowest BCUT2D eigenvalue weighted by Gasteiger charge is -2.22. The van der Waals surface area contributed by atoms with Crippen molar-refractivity contribution in [3.8, 4) is 0 Å². The molecule has 0 saturated carbocycles. The lowest BCUT2D eigenvalue weighted by atomic mass is 10.1. The molecule has 0 bridgehead atoms. The third-order valence-corrected chi connectivity index (χ3v) is 4.67. The van der Waals surface area contributed by atoms with Crippen LogP contribution in [0.2, 0.25) is 0 Å². The van der Waals surface area contributed by atoms with Crippen molar-refractivity contribution in [3.63, 3.8) is 0 Å². The summed E-state index contributed by atoms with van der Waals surface area (Å²) in [5.41, 5.74) is 3.42. The van der Waals surface area contributed by atoms with Crippen LogP contribution >= 0.6 is 0 Å². The molecule has 1 aliphatic heterocycles. The van der Waals surface area contributed by atoms with E-state index in [0.717, 1.165) is 23.4 Å². The Kier molecular flexibility index (Phi) is 5.11. The van der Waals surface area contributed by atoms with E-state index in [9.17, 15) is 9.59 Å². The Morgan fingerprint density at radius 2 is 1.76 bits per heavy atom. The van der Waals surface area contributed by atoms with Crippen LogP contribution in [0.15, 0.2) is 24.5 Å². The Bertz CT molecular complexity index is 737. The first-order chi connectivity index (χ1) is 12.1. The average molecular weight is 341 g/mol. The highest BCUT2D eigenvalue weighted by atomic mass is 16.2. The first-order valence-electron chi connectivity index (χ1n) is 8.54. The van der Waals surface area contributed by atoms with Gasteiger partial charge in [0.15, 0.2) is 0 Å². The average Bonchev–Trinajstić information content (AvgIpc) is 2.84. The van der Waals surface area contributed by atoms with Gasteiger partial charge < -0.3 is 9.80 Å². The maximum atomic E-state index is 12.6. The number of pyridine rings is 1. The van der Waals surface area contributed by atoms with Crippen molar-refractivity contribution in [3.05, 3.63) is 47.0 Å². The summed E-state index contributed by atoms with van der Waals surface area (Å²) in [6, 6.07) is 3.45. The number of nitrogens with one attached hydrogen (secondary N) is 1. The predicted molar refractivity (Wildman–Crippen MR) is 93.1 cm³/mol. The van der Waals surface area contributed by atoms with Crippen LogP contribution in [0.25, 0.3) is 0 Å². The van der Waals surface area contributed by atoms with Gasteiger partial charge in [-0.3, -0.25) is 19.7 Å². The molecule has 1 N–H and O–H groups in total. The first kappa shape index (κ1) is 17.1. The third kappa shape index (κ3) is 3.87. The maximum absolute atomic E-state index is 12.6. The Morgan fingerprint density at radius 3 is 2.44 bits per heavy atom. The molecule has 0 aromatic carbocycles. The molecule has 0 radical (unpaired) electrons. The molecule has 7 nitrogen and oxygen atoms in total. The number of rotatable bonds is 3. The van der Waals surface area contributed by atoms with Crippen molar-refractivity contribution in [1.29, 1.82) is 0 Å². The van der Waals surface area contributed by atoms with E-state index in [4.69, 9.17) is 0 Å². The molecule has 0 atom stereocenters. The van der Waals surface area contributed by atoms with Crippen molar-refractivity contribution in [1.82, 2.24) is 25.0 Å². The molecule has 1 aliphatic rings. The molecular formula is C18H23N5O2. The Balaban J connectivity index is 1.61. The molecule has 2 aromatic rings. The molecule has 3 heterocycles. The largest absolute Gasteiger partial charge is 0.341 e. The number of H-pyrrole nitrogens is 1. The van der Waals surface area contributed by atoms with E-state index >= 15 is 0 Å². The van der Waals surface area contributed by atoms with Crippen LogP contribution in [0.1, 0.15) is 33.7 Å². The number of aryl methyl sites for hydroxylation is 2. The van der Waals surface area contributed by atoms with Gasteiger partial charge in [0.1, 0.15) is 0 Å². The molecule has 2 amide bonds. The monoisotopic (exact) mass is 341 g/mol. The van der Waals surface area contributed by atoms with Gasteiger partial charge in [-0.1, -0.05) is 0 Å². The molecular weight excluding hydrogens is 318 g/mol. The van der Waals surface area contributed by atoms with Crippen LogP contribution in [0.3, 0.4) is 0 Å². The Hall–Kier alpha value is -2.70. The minimum Gasteiger partial charge on any atom is -0.341 e. The van der Waals surface area contributed by atoms with Gasteiger partial charge in [0, 0.05) is 55.4 Å². The fourth-order valence-electron chi connectivity index (χ4n) is 3.14. The lowest BCUT2D eigenvalue weighted by Crippen LogP contribution is -2.38. The number of carbonyl (C=O) groups excluding carboxylic acids is 2. The quantitative estimate of drug-likeness (QED) is 0.913. The van der Waals surface area contributed by atoms with Gasteiger partial charge in [0.2, 0.25) is 5.91 Å². The van der Waals surface area contributed by atoms with Gasteiger partial charge in [0.25, 0.3) is 5.91 Å². The van der Waals surface area contributed by atoms with E-state index in [1.54, 1.807) is 24.5 Å². The topological polar surface area (TPSA) is 82.2 Å². The summed E-state index contributed by atoms with van der Waals surface area (Å²) in [7, 11) is 0. The second-order valence-electron chi connectivity index (χ2n) is 6.35. The number of hydrogen-bond donors (Lipinski definition) is 1. The number of carbonyl (C=O) groups is 2. The second-order valence-corrected chi connectivity index (χ2v) is 6.35. The van der Waals surface area contributed by atoms with E-state index in [1.807, 2.05) is 23.6 Å². The summed E-state index contributed by atoms with van der Waals surface area (Å²) in [6.45, 7) is 6.29. The van der Waals surface area contributed by atoms with E-state index < -0.39 is 0 Å². The van der Waals surface area contributed by atoms with Gasteiger partial charge in [0.05, 0.1) is 12.1 Å². The molecule has 1 fully saturated rings. The predicted octanol–water partition coefficient (Wildman–Crippen LogP) is 1.34. The zero-order valence-corrected chi connectivity index (χ0v) is 14.7. The number of nitrogens with zero attached hydrogens (tertiary/aromatic N) is 4. The van der Waals surface area contributed by atoms with Gasteiger partial charge in [-0.15, -0.1) is 0 Å². The SMILES string of the molecule is Cc1n[nH]c(C)c1CC(=O)N1CCCN(C(=O)c2ccncc2)CC1. The molecule has 25 heavy (non-hydrogen) atoms. The highest BCUT2D eigenvalue weighted by Gasteiger charge is 2.23. The van der Waals surface area contributed by atoms with Crippen LogP contribution in [0.4, 0.5) is 0 Å². The normalized spacial score (nSPS) is 15.1. The number of aromatic amines is 1. The van der Waals surface area contributed by atoms with Crippen molar-refractivity contribution in [2.75, 3.05) is 26.2 Å².